The van der Waals surface area contributed by atoms with Crippen LogP contribution in [0.4, 0.5) is 11.4 Å². The van der Waals surface area contributed by atoms with Gasteiger partial charge in [0.2, 0.25) is 0 Å². The van der Waals surface area contributed by atoms with E-state index >= 15 is 0 Å². The summed E-state index contributed by atoms with van der Waals surface area (Å²) in [5.74, 6) is -0.989. The molecule has 2 aromatic carbocycles. The van der Waals surface area contributed by atoms with E-state index in [1.807, 2.05) is 24.3 Å². The van der Waals surface area contributed by atoms with Crippen molar-refractivity contribution in [3.63, 3.8) is 0 Å². The van der Waals surface area contributed by atoms with Crippen molar-refractivity contribution in [1.82, 2.24) is 0 Å². The minimum absolute atomic E-state index is 0.190. The van der Waals surface area contributed by atoms with Gasteiger partial charge in [0.05, 0.1) is 12.7 Å². The van der Waals surface area contributed by atoms with Gasteiger partial charge >= 0.3 is 5.97 Å². The minimum atomic E-state index is -0.989. The lowest BCUT2D eigenvalue weighted by molar-refractivity contribution is -0.159. The number of benzene rings is 2. The number of carboxylic acid groups (broad SMARTS) is 1. The monoisotopic (exact) mass is 334 g/mol. The molecule has 0 aliphatic carbocycles. The molecule has 7 heteroatoms. The normalized spacial score (nSPS) is 10.3. The largest absolute Gasteiger partial charge is 0.478 e. The lowest BCUT2D eigenvalue weighted by Crippen LogP contribution is -2.07. The first kappa shape index (κ1) is 17.1. The second kappa shape index (κ2) is 9.04. The van der Waals surface area contributed by atoms with Crippen LogP contribution in [-0.4, -0.2) is 24.7 Å². The van der Waals surface area contributed by atoms with Crippen LogP contribution in [0.2, 0.25) is 0 Å². The highest BCUT2D eigenvalue weighted by Gasteiger charge is 2.07. The Kier molecular flexibility index (Phi) is 6.74. The van der Waals surface area contributed by atoms with E-state index in [1.54, 1.807) is 6.07 Å². The molecular weight excluding hydrogens is 316 g/mol. The minimum Gasteiger partial charge on any atom is -0.478 e. The molecule has 3 N–H and O–H groups in total. The van der Waals surface area contributed by atoms with Gasteiger partial charge in [-0.15, -0.1) is 4.33 Å². The Labute approximate surface area is 139 Å². The van der Waals surface area contributed by atoms with Gasteiger partial charge in [0.15, 0.2) is 0 Å². The van der Waals surface area contributed by atoms with Gasteiger partial charge < -0.3 is 15.1 Å². The van der Waals surface area contributed by atoms with Crippen LogP contribution in [0, 0.1) is 0 Å². The zero-order chi connectivity index (χ0) is 16.5. The van der Waals surface area contributed by atoms with Crippen LogP contribution in [0.5, 0.6) is 0 Å². The molecule has 0 amide bonds. The molecule has 0 unspecified atom stereocenters. The van der Waals surface area contributed by atoms with Crippen LogP contribution < -0.4 is 10.0 Å². The number of rotatable bonds is 9. The summed E-state index contributed by atoms with van der Waals surface area (Å²) in [5, 5.41) is 12.4. The van der Waals surface area contributed by atoms with Crippen LogP contribution in [0.3, 0.4) is 0 Å². The highest BCUT2D eigenvalue weighted by molar-refractivity contribution is 7.95. The van der Waals surface area contributed by atoms with Crippen LogP contribution in [0.25, 0.3) is 0 Å². The summed E-state index contributed by atoms with van der Waals surface area (Å²) in [5.41, 5.74) is 2.74. The summed E-state index contributed by atoms with van der Waals surface area (Å²) < 4.78 is 7.51. The number of hydrogen-bond donors (Lipinski definition) is 3. The lowest BCUT2D eigenvalue weighted by atomic mass is 10.1. The molecule has 2 aromatic rings. The van der Waals surface area contributed by atoms with E-state index in [0.29, 0.717) is 12.2 Å². The van der Waals surface area contributed by atoms with E-state index in [1.165, 1.54) is 18.7 Å². The first-order valence-electron chi connectivity index (χ1n) is 6.97. The Morgan fingerprint density at radius 3 is 2.61 bits per heavy atom. The van der Waals surface area contributed by atoms with Crippen LogP contribution in [0.15, 0.2) is 48.5 Å². The van der Waals surface area contributed by atoms with Crippen LogP contribution in [0.1, 0.15) is 15.9 Å². The SMILES string of the molecule is COOSNc1cc(NCCc2ccccc2)cc(C(=O)O)c1. The molecule has 23 heavy (non-hydrogen) atoms. The second-order valence-electron chi connectivity index (χ2n) is 4.69. The zero-order valence-electron chi connectivity index (χ0n) is 12.6. The molecule has 2 rings (SSSR count). The highest BCUT2D eigenvalue weighted by Crippen LogP contribution is 2.22. The number of carboxylic acids is 1. The fourth-order valence-corrected chi connectivity index (χ4v) is 2.32. The van der Waals surface area contributed by atoms with E-state index in [9.17, 15) is 9.90 Å². The van der Waals surface area contributed by atoms with Crippen molar-refractivity contribution in [2.75, 3.05) is 23.7 Å². The van der Waals surface area contributed by atoms with Gasteiger partial charge in [0, 0.05) is 17.9 Å². The Hall–Kier alpha value is -2.22. The molecule has 0 radical (unpaired) electrons. The van der Waals surface area contributed by atoms with Crippen molar-refractivity contribution in [2.24, 2.45) is 0 Å². The summed E-state index contributed by atoms with van der Waals surface area (Å²) in [4.78, 5) is 15.7. The molecular formula is C16H18N2O4S. The zero-order valence-corrected chi connectivity index (χ0v) is 13.4. The molecule has 0 aliphatic heterocycles. The lowest BCUT2D eigenvalue weighted by Gasteiger charge is -2.11. The molecule has 0 aliphatic rings. The smallest absolute Gasteiger partial charge is 0.335 e. The van der Waals surface area contributed by atoms with Gasteiger partial charge in [0.1, 0.15) is 12.2 Å². The Balaban J connectivity index is 1.99. The third-order valence-electron chi connectivity index (χ3n) is 3.03. The maximum Gasteiger partial charge on any atom is 0.335 e. The maximum absolute atomic E-state index is 11.2. The molecule has 0 saturated carbocycles. The number of aromatic carboxylic acids is 1. The third-order valence-corrected chi connectivity index (χ3v) is 3.55. The summed E-state index contributed by atoms with van der Waals surface area (Å²) >= 11 is 0.863. The topological polar surface area (TPSA) is 79.8 Å². The fourth-order valence-electron chi connectivity index (χ4n) is 2.01. The van der Waals surface area contributed by atoms with Gasteiger partial charge in [-0.3, -0.25) is 0 Å². The number of nitrogens with one attached hydrogen (secondary N) is 2. The van der Waals surface area contributed by atoms with Gasteiger partial charge in [-0.1, -0.05) is 30.3 Å². The Morgan fingerprint density at radius 2 is 1.91 bits per heavy atom. The molecule has 0 atom stereocenters. The van der Waals surface area contributed by atoms with Crippen LogP contribution in [-0.2, 0) is 15.6 Å². The first-order valence-corrected chi connectivity index (χ1v) is 7.71. The summed E-state index contributed by atoms with van der Waals surface area (Å²) in [7, 11) is 1.39. The van der Waals surface area contributed by atoms with E-state index in [2.05, 4.69) is 31.4 Å². The Morgan fingerprint density at radius 1 is 1.17 bits per heavy atom. The maximum atomic E-state index is 11.2. The standard InChI is InChI=1S/C16H18N2O4S/c1-21-22-23-18-15-10-13(16(19)20)9-14(11-15)17-8-7-12-5-3-2-4-6-12/h2-6,9-11,17-18H,7-8H2,1H3,(H,19,20). The van der Waals surface area contributed by atoms with Crippen molar-refractivity contribution >= 4 is 29.6 Å². The summed E-state index contributed by atoms with van der Waals surface area (Å²) in [6.45, 7) is 0.703. The number of carbonyl (C=O) groups is 1. The van der Waals surface area contributed by atoms with Gasteiger partial charge in [0.25, 0.3) is 0 Å². The quantitative estimate of drug-likeness (QED) is 0.213. The Bertz CT molecular complexity index is 637. The summed E-state index contributed by atoms with van der Waals surface area (Å²) in [6.07, 6.45) is 0.850. The third kappa shape index (κ3) is 5.82. The van der Waals surface area contributed by atoms with E-state index in [0.717, 1.165) is 24.3 Å². The van der Waals surface area contributed by atoms with Gasteiger partial charge in [-0.2, -0.15) is 0 Å². The van der Waals surface area contributed by atoms with E-state index in [-0.39, 0.29) is 5.56 Å². The molecule has 6 nitrogen and oxygen atoms in total. The fraction of sp³-hybridized carbons (Fsp3) is 0.188. The van der Waals surface area contributed by atoms with E-state index < -0.39 is 5.97 Å². The molecule has 0 spiro atoms. The van der Waals surface area contributed by atoms with Crippen molar-refractivity contribution in [3.8, 4) is 0 Å². The molecule has 0 fully saturated rings. The molecule has 0 saturated heterocycles. The molecule has 0 heterocycles. The predicted octanol–water partition coefficient (Wildman–Crippen LogP) is 3.59. The molecule has 0 aromatic heterocycles. The summed E-state index contributed by atoms with van der Waals surface area (Å²) in [6, 6.07) is 15.0. The number of anilines is 2. The van der Waals surface area contributed by atoms with Crippen molar-refractivity contribution in [3.05, 3.63) is 59.7 Å². The van der Waals surface area contributed by atoms with Gasteiger partial charge in [-0.05, 0) is 30.2 Å². The average molecular weight is 334 g/mol. The van der Waals surface area contributed by atoms with Crippen molar-refractivity contribution in [2.45, 2.75) is 6.42 Å². The van der Waals surface area contributed by atoms with Gasteiger partial charge in [-0.25, -0.2) is 9.68 Å². The second-order valence-corrected chi connectivity index (χ2v) is 5.19. The van der Waals surface area contributed by atoms with Crippen LogP contribution >= 0.6 is 12.2 Å². The highest BCUT2D eigenvalue weighted by atomic mass is 32.2. The predicted molar refractivity (Wildman–Crippen MR) is 91.3 cm³/mol. The van der Waals surface area contributed by atoms with Crippen molar-refractivity contribution in [1.29, 1.82) is 0 Å². The average Bonchev–Trinajstić information content (AvgIpc) is 2.56. The van der Waals surface area contributed by atoms with E-state index in [4.69, 9.17) is 0 Å². The molecule has 122 valence electrons. The first-order chi connectivity index (χ1) is 11.2. The molecule has 0 bridgehead atoms. The van der Waals surface area contributed by atoms with Crippen molar-refractivity contribution < 1.29 is 19.1 Å². The number of hydrogen-bond acceptors (Lipinski definition) is 6.